The molecule has 7 nitrogen and oxygen atoms in total. The number of nitrogens with two attached hydrogens (primary N) is 1. The van der Waals surface area contributed by atoms with Gasteiger partial charge in [0.2, 0.25) is 5.43 Å². The highest BCUT2D eigenvalue weighted by Gasteiger charge is 2.36. The minimum absolute atomic E-state index is 0. The molecule has 1 aromatic heterocycles. The number of ether oxygens (including phenoxy) is 1. The van der Waals surface area contributed by atoms with Crippen LogP contribution in [-0.4, -0.2) is 41.4 Å². The Labute approximate surface area is 182 Å². The van der Waals surface area contributed by atoms with E-state index in [-0.39, 0.29) is 30.1 Å². The number of hydrogen-bond acceptors (Lipinski definition) is 5. The van der Waals surface area contributed by atoms with Crippen molar-refractivity contribution in [3.05, 3.63) is 34.1 Å². The molecular weight excluding hydrogens is 406 g/mol. The Morgan fingerprint density at radius 1 is 1.37 bits per heavy atom. The van der Waals surface area contributed by atoms with Gasteiger partial charge in [-0.05, 0) is 50.7 Å². The van der Waals surface area contributed by atoms with E-state index >= 15 is 0 Å². The van der Waals surface area contributed by atoms with Crippen molar-refractivity contribution in [2.24, 2.45) is 11.7 Å². The van der Waals surface area contributed by atoms with Crippen LogP contribution in [0.15, 0.2) is 23.1 Å². The van der Waals surface area contributed by atoms with Crippen molar-refractivity contribution < 1.29 is 14.6 Å². The molecule has 0 spiro atoms. The highest BCUT2D eigenvalue weighted by atomic mass is 35.5. The minimum Gasteiger partial charge on any atom is -0.492 e. The second kappa shape index (κ2) is 8.47. The Bertz CT molecular complexity index is 1020. The molecule has 1 saturated heterocycles. The van der Waals surface area contributed by atoms with Crippen LogP contribution in [0.1, 0.15) is 55.9 Å². The van der Waals surface area contributed by atoms with Crippen LogP contribution in [0.5, 0.6) is 5.75 Å². The zero-order valence-electron chi connectivity index (χ0n) is 17.6. The van der Waals surface area contributed by atoms with Crippen molar-refractivity contribution in [2.45, 2.75) is 57.7 Å². The van der Waals surface area contributed by atoms with E-state index in [0.29, 0.717) is 28.6 Å². The Morgan fingerprint density at radius 3 is 2.60 bits per heavy atom. The van der Waals surface area contributed by atoms with Crippen molar-refractivity contribution in [3.63, 3.8) is 0 Å². The molecule has 1 aromatic carbocycles. The number of carbonyl (C=O) groups is 1. The average molecular weight is 436 g/mol. The molecule has 2 heterocycles. The summed E-state index contributed by atoms with van der Waals surface area (Å²) in [4.78, 5) is 26.8. The van der Waals surface area contributed by atoms with Crippen LogP contribution in [-0.2, 0) is 0 Å². The number of nitrogens with zero attached hydrogens (tertiary/aromatic N) is 2. The van der Waals surface area contributed by atoms with Crippen LogP contribution in [0.2, 0.25) is 0 Å². The lowest BCUT2D eigenvalue weighted by atomic mass is 9.98. The van der Waals surface area contributed by atoms with Gasteiger partial charge in [0, 0.05) is 30.9 Å². The van der Waals surface area contributed by atoms with Crippen molar-refractivity contribution >= 4 is 35.0 Å². The summed E-state index contributed by atoms with van der Waals surface area (Å²) in [5, 5.41) is 9.89. The van der Waals surface area contributed by atoms with Gasteiger partial charge in [-0.1, -0.05) is 6.92 Å². The topological polar surface area (TPSA) is 97.8 Å². The van der Waals surface area contributed by atoms with Gasteiger partial charge in [-0.2, -0.15) is 0 Å². The maximum Gasteiger partial charge on any atom is 0.341 e. The lowest BCUT2D eigenvalue weighted by molar-refractivity contribution is 0.0695. The summed E-state index contributed by atoms with van der Waals surface area (Å²) in [6.07, 6.45) is 5.46. The normalized spacial score (nSPS) is 22.1. The van der Waals surface area contributed by atoms with Gasteiger partial charge in [-0.3, -0.25) is 4.79 Å². The van der Waals surface area contributed by atoms with Gasteiger partial charge in [0.1, 0.15) is 5.56 Å². The van der Waals surface area contributed by atoms with Gasteiger partial charge in [0.05, 0.1) is 23.7 Å². The lowest BCUT2D eigenvalue weighted by Gasteiger charge is -2.29. The first kappa shape index (κ1) is 22.4. The zero-order valence-corrected chi connectivity index (χ0v) is 18.4. The van der Waals surface area contributed by atoms with Crippen molar-refractivity contribution in [2.75, 3.05) is 18.6 Å². The minimum atomic E-state index is -1.19. The first-order valence-corrected chi connectivity index (χ1v) is 10.4. The molecule has 3 atom stereocenters. The average Bonchev–Trinajstić information content (AvgIpc) is 3.44. The van der Waals surface area contributed by atoms with Gasteiger partial charge in [0.25, 0.3) is 0 Å². The number of pyridine rings is 1. The van der Waals surface area contributed by atoms with Crippen LogP contribution in [0.4, 0.5) is 5.69 Å². The second-order valence-corrected chi connectivity index (χ2v) is 8.40. The van der Waals surface area contributed by atoms with E-state index in [1.165, 1.54) is 6.20 Å². The molecule has 30 heavy (non-hydrogen) atoms. The zero-order chi connectivity index (χ0) is 20.9. The largest absolute Gasteiger partial charge is 0.492 e. The molecule has 2 fully saturated rings. The maximum absolute atomic E-state index is 12.8. The van der Waals surface area contributed by atoms with Crippen LogP contribution >= 0.6 is 12.4 Å². The number of carboxylic acids is 1. The summed E-state index contributed by atoms with van der Waals surface area (Å²) >= 11 is 0. The van der Waals surface area contributed by atoms with E-state index in [1.807, 2.05) is 10.6 Å². The molecule has 4 rings (SSSR count). The summed E-state index contributed by atoms with van der Waals surface area (Å²) < 4.78 is 7.79. The predicted octanol–water partition coefficient (Wildman–Crippen LogP) is 3.42. The predicted molar refractivity (Wildman–Crippen MR) is 120 cm³/mol. The third-order valence-corrected chi connectivity index (χ3v) is 6.47. The summed E-state index contributed by atoms with van der Waals surface area (Å²) in [6, 6.07) is 4.34. The number of anilines is 1. The van der Waals surface area contributed by atoms with Crippen molar-refractivity contribution in [1.82, 2.24) is 4.57 Å². The van der Waals surface area contributed by atoms with E-state index in [1.54, 1.807) is 13.2 Å². The number of aromatic carboxylic acids is 1. The van der Waals surface area contributed by atoms with E-state index in [9.17, 15) is 14.7 Å². The lowest BCUT2D eigenvalue weighted by Crippen LogP contribution is -2.31. The summed E-state index contributed by atoms with van der Waals surface area (Å²) in [7, 11) is 1.62. The first-order valence-electron chi connectivity index (χ1n) is 10.4. The molecule has 1 saturated carbocycles. The summed E-state index contributed by atoms with van der Waals surface area (Å²) in [5.41, 5.74) is 7.19. The highest BCUT2D eigenvalue weighted by Crippen LogP contribution is 2.44. The highest BCUT2D eigenvalue weighted by molar-refractivity contribution is 5.97. The number of methoxy groups -OCH3 is 1. The van der Waals surface area contributed by atoms with Crippen LogP contribution in [0.25, 0.3) is 10.9 Å². The molecule has 1 aliphatic carbocycles. The van der Waals surface area contributed by atoms with Gasteiger partial charge >= 0.3 is 5.97 Å². The fourth-order valence-corrected chi connectivity index (χ4v) is 4.64. The smallest absolute Gasteiger partial charge is 0.341 e. The summed E-state index contributed by atoms with van der Waals surface area (Å²) in [6.45, 7) is 5.07. The van der Waals surface area contributed by atoms with E-state index < -0.39 is 11.4 Å². The number of rotatable bonds is 6. The van der Waals surface area contributed by atoms with Crippen molar-refractivity contribution in [1.29, 1.82) is 0 Å². The van der Waals surface area contributed by atoms with Crippen LogP contribution < -0.4 is 20.8 Å². The maximum atomic E-state index is 12.8. The quantitative estimate of drug-likeness (QED) is 0.721. The molecule has 3 N–H and O–H groups in total. The fourth-order valence-electron chi connectivity index (χ4n) is 4.64. The van der Waals surface area contributed by atoms with E-state index in [0.717, 1.165) is 37.9 Å². The Balaban J connectivity index is 0.00000256. The number of benzene rings is 1. The van der Waals surface area contributed by atoms with Crippen LogP contribution in [0.3, 0.4) is 0 Å². The number of carboxylic acid groups (broad SMARTS) is 1. The number of fused-ring (bicyclic) bond motifs is 1. The number of hydrogen-bond donors (Lipinski definition) is 2. The molecular formula is C22H30ClN3O4. The standard InChI is InChI=1S/C22H29N3O4.ClH/c1-4-14-9-13(12(2)23)10-24(14)18-8-7-16-19(21(18)29-3)25(15-5-6-15)11-17(20(16)26)22(27)28;/h7-8,11-15H,4-6,9-10,23H2,1-3H3,(H,27,28);1H/t12?,13-,14?;/m1./s1. The monoisotopic (exact) mass is 435 g/mol. The number of halogens is 1. The van der Waals surface area contributed by atoms with Crippen molar-refractivity contribution in [3.8, 4) is 5.75 Å². The van der Waals surface area contributed by atoms with Crippen LogP contribution in [0, 0.1) is 5.92 Å². The molecule has 2 aromatic rings. The Morgan fingerprint density at radius 2 is 2.07 bits per heavy atom. The first-order chi connectivity index (χ1) is 13.9. The van der Waals surface area contributed by atoms with Gasteiger partial charge in [-0.15, -0.1) is 12.4 Å². The molecule has 2 aliphatic rings. The van der Waals surface area contributed by atoms with E-state index in [2.05, 4.69) is 18.7 Å². The third-order valence-electron chi connectivity index (χ3n) is 6.47. The molecule has 2 unspecified atom stereocenters. The molecule has 0 bridgehead atoms. The molecule has 1 aliphatic heterocycles. The molecule has 8 heteroatoms. The Kier molecular flexibility index (Phi) is 6.34. The fraction of sp³-hybridized carbons (Fsp3) is 0.545. The summed E-state index contributed by atoms with van der Waals surface area (Å²) in [5.74, 6) is -0.146. The Hall–Kier alpha value is -2.25. The number of aromatic nitrogens is 1. The third kappa shape index (κ3) is 3.65. The van der Waals surface area contributed by atoms with E-state index in [4.69, 9.17) is 10.5 Å². The van der Waals surface area contributed by atoms with Gasteiger partial charge in [0.15, 0.2) is 5.75 Å². The molecule has 0 radical (unpaired) electrons. The van der Waals surface area contributed by atoms with Gasteiger partial charge < -0.3 is 25.0 Å². The molecule has 164 valence electrons. The second-order valence-electron chi connectivity index (χ2n) is 8.40. The SMILES string of the molecule is CCC1C[C@@H](C(C)N)CN1c1ccc2c(=O)c(C(=O)O)cn(C3CC3)c2c1OC.Cl. The van der Waals surface area contributed by atoms with Gasteiger partial charge in [-0.25, -0.2) is 4.79 Å². The molecule has 0 amide bonds.